The molecule has 1 aromatic rings. The molecule has 0 bridgehead atoms. The Bertz CT molecular complexity index is 407. The van der Waals surface area contributed by atoms with Gasteiger partial charge in [0.25, 0.3) is 0 Å². The highest BCUT2D eigenvalue weighted by Crippen LogP contribution is 2.22. The Hall–Kier alpha value is -1.03. The van der Waals surface area contributed by atoms with Gasteiger partial charge in [-0.25, -0.2) is 0 Å². The van der Waals surface area contributed by atoms with E-state index in [1.165, 1.54) is 7.11 Å². The van der Waals surface area contributed by atoms with E-state index in [1.54, 1.807) is 0 Å². The van der Waals surface area contributed by atoms with Gasteiger partial charge in [0.15, 0.2) is 0 Å². The van der Waals surface area contributed by atoms with Gasteiger partial charge in [-0.3, -0.25) is 4.79 Å². The first-order chi connectivity index (χ1) is 8.45. The van der Waals surface area contributed by atoms with Crippen molar-refractivity contribution >= 4 is 27.6 Å². The second-order valence-corrected chi connectivity index (χ2v) is 5.65. The van der Waals surface area contributed by atoms with Gasteiger partial charge in [-0.15, -0.1) is 0 Å². The Morgan fingerprint density at radius 2 is 2.11 bits per heavy atom. The third-order valence-corrected chi connectivity index (χ3v) is 3.52. The molecule has 0 N–H and O–H groups in total. The van der Waals surface area contributed by atoms with Gasteiger partial charge in [-0.05, 0) is 24.1 Å². The third kappa shape index (κ3) is 4.02. The second kappa shape index (κ2) is 6.78. The Kier molecular flexibility index (Phi) is 5.66. The number of hydrogen-bond acceptors (Lipinski definition) is 3. The van der Waals surface area contributed by atoms with Gasteiger partial charge in [-0.2, -0.15) is 0 Å². The Balaban J connectivity index is 2.78. The molecule has 4 heteroatoms. The Morgan fingerprint density at radius 1 is 1.44 bits per heavy atom. The number of ether oxygens (including phenoxy) is 1. The summed E-state index contributed by atoms with van der Waals surface area (Å²) in [7, 11) is 3.43. The Labute approximate surface area is 117 Å². The summed E-state index contributed by atoms with van der Waals surface area (Å²) in [6.07, 6.45) is 0. The summed E-state index contributed by atoms with van der Waals surface area (Å²) in [4.78, 5) is 13.8. The Morgan fingerprint density at radius 3 is 2.61 bits per heavy atom. The molecule has 0 spiro atoms. The quantitative estimate of drug-likeness (QED) is 0.781. The van der Waals surface area contributed by atoms with Crippen molar-refractivity contribution in [3.63, 3.8) is 0 Å². The van der Waals surface area contributed by atoms with Crippen LogP contribution in [0, 0.1) is 11.8 Å². The molecule has 1 rings (SSSR count). The molecule has 0 aliphatic heterocycles. The van der Waals surface area contributed by atoms with Crippen LogP contribution in [-0.2, 0) is 9.53 Å². The lowest BCUT2D eigenvalue weighted by Crippen LogP contribution is -2.34. The summed E-state index contributed by atoms with van der Waals surface area (Å²) in [6.45, 7) is 4.73. The molecule has 0 heterocycles. The van der Waals surface area contributed by atoms with Crippen molar-refractivity contribution in [2.24, 2.45) is 11.8 Å². The fourth-order valence-electron chi connectivity index (χ4n) is 1.82. The first kappa shape index (κ1) is 15.0. The van der Waals surface area contributed by atoms with Crippen molar-refractivity contribution in [3.8, 4) is 0 Å². The number of halogens is 1. The summed E-state index contributed by atoms with van der Waals surface area (Å²) >= 11 is 3.45. The molecule has 0 saturated heterocycles. The third-order valence-electron chi connectivity index (χ3n) is 3.03. The highest BCUT2D eigenvalue weighted by Gasteiger charge is 2.24. The van der Waals surface area contributed by atoms with Crippen LogP contribution in [0.15, 0.2) is 28.7 Å². The minimum Gasteiger partial charge on any atom is -0.469 e. The number of nitrogens with zero attached hydrogens (tertiary/aromatic N) is 1. The van der Waals surface area contributed by atoms with Crippen molar-refractivity contribution in [3.05, 3.63) is 28.7 Å². The molecule has 1 aromatic carbocycles. The number of methoxy groups -OCH3 is 1. The van der Waals surface area contributed by atoms with Crippen LogP contribution in [0.4, 0.5) is 5.69 Å². The minimum absolute atomic E-state index is 0.112. The zero-order chi connectivity index (χ0) is 13.7. The molecule has 0 fully saturated rings. The molecule has 100 valence electrons. The first-order valence-corrected chi connectivity index (χ1v) is 6.79. The van der Waals surface area contributed by atoms with E-state index in [1.807, 2.05) is 45.2 Å². The van der Waals surface area contributed by atoms with Crippen molar-refractivity contribution in [2.45, 2.75) is 13.8 Å². The standard InChI is InChI=1S/C14H20BrNO2/c1-10(2)13(14(17)18-4)9-16(3)12-7-5-6-11(15)8-12/h5-8,10,13H,9H2,1-4H3. The van der Waals surface area contributed by atoms with E-state index in [0.717, 1.165) is 10.2 Å². The second-order valence-electron chi connectivity index (χ2n) is 4.73. The van der Waals surface area contributed by atoms with Gasteiger partial charge in [0.05, 0.1) is 13.0 Å². The minimum atomic E-state index is -0.146. The topological polar surface area (TPSA) is 29.5 Å². The van der Waals surface area contributed by atoms with Gasteiger partial charge in [0, 0.05) is 23.8 Å². The van der Waals surface area contributed by atoms with E-state index in [2.05, 4.69) is 20.8 Å². The van der Waals surface area contributed by atoms with Crippen LogP contribution in [0.25, 0.3) is 0 Å². The molecule has 3 nitrogen and oxygen atoms in total. The summed E-state index contributed by atoms with van der Waals surface area (Å²) in [5, 5.41) is 0. The molecule has 0 saturated carbocycles. The molecule has 0 aliphatic rings. The molecule has 0 amide bonds. The summed E-state index contributed by atoms with van der Waals surface area (Å²) in [5.74, 6) is -0.00196. The van der Waals surface area contributed by atoms with Crippen LogP contribution in [0.5, 0.6) is 0 Å². The van der Waals surface area contributed by atoms with Crippen molar-refractivity contribution in [1.29, 1.82) is 0 Å². The molecule has 1 unspecified atom stereocenters. The van der Waals surface area contributed by atoms with Crippen LogP contribution >= 0.6 is 15.9 Å². The molecule has 0 aromatic heterocycles. The van der Waals surface area contributed by atoms with Crippen LogP contribution in [0.1, 0.15) is 13.8 Å². The number of esters is 1. The van der Waals surface area contributed by atoms with E-state index in [4.69, 9.17) is 4.74 Å². The van der Waals surface area contributed by atoms with E-state index < -0.39 is 0 Å². The maximum atomic E-state index is 11.7. The smallest absolute Gasteiger partial charge is 0.310 e. The average Bonchev–Trinajstić information content (AvgIpc) is 2.34. The number of anilines is 1. The van der Waals surface area contributed by atoms with Crippen molar-refractivity contribution in [2.75, 3.05) is 25.6 Å². The monoisotopic (exact) mass is 313 g/mol. The lowest BCUT2D eigenvalue weighted by atomic mass is 9.95. The largest absolute Gasteiger partial charge is 0.469 e. The highest BCUT2D eigenvalue weighted by atomic mass is 79.9. The van der Waals surface area contributed by atoms with Gasteiger partial charge in [0.2, 0.25) is 0 Å². The van der Waals surface area contributed by atoms with Crippen LogP contribution in [0.2, 0.25) is 0 Å². The van der Waals surface area contributed by atoms with Gasteiger partial charge in [0.1, 0.15) is 0 Å². The zero-order valence-corrected chi connectivity index (χ0v) is 12.9. The predicted molar refractivity (Wildman–Crippen MR) is 77.8 cm³/mol. The fourth-order valence-corrected chi connectivity index (χ4v) is 2.21. The summed E-state index contributed by atoms with van der Waals surface area (Å²) < 4.78 is 5.89. The van der Waals surface area contributed by atoms with Gasteiger partial charge >= 0.3 is 5.97 Å². The maximum Gasteiger partial charge on any atom is 0.310 e. The van der Waals surface area contributed by atoms with E-state index in [0.29, 0.717) is 6.54 Å². The van der Waals surface area contributed by atoms with Crippen LogP contribution < -0.4 is 4.90 Å². The molecule has 0 aliphatic carbocycles. The maximum absolute atomic E-state index is 11.7. The molecule has 18 heavy (non-hydrogen) atoms. The average molecular weight is 314 g/mol. The first-order valence-electron chi connectivity index (χ1n) is 6.00. The van der Waals surface area contributed by atoms with E-state index in [9.17, 15) is 4.79 Å². The number of hydrogen-bond donors (Lipinski definition) is 0. The number of benzene rings is 1. The highest BCUT2D eigenvalue weighted by molar-refractivity contribution is 9.10. The van der Waals surface area contributed by atoms with E-state index in [-0.39, 0.29) is 17.8 Å². The molecule has 1 atom stereocenters. The molecular formula is C14H20BrNO2. The SMILES string of the molecule is COC(=O)C(CN(C)c1cccc(Br)c1)C(C)C. The van der Waals surface area contributed by atoms with Crippen LogP contribution in [0.3, 0.4) is 0 Å². The number of carbonyl (C=O) groups is 1. The fraction of sp³-hybridized carbons (Fsp3) is 0.500. The van der Waals surface area contributed by atoms with Crippen LogP contribution in [-0.4, -0.2) is 26.7 Å². The lowest BCUT2D eigenvalue weighted by Gasteiger charge is -2.26. The van der Waals surface area contributed by atoms with E-state index >= 15 is 0 Å². The summed E-state index contributed by atoms with van der Waals surface area (Å²) in [6, 6.07) is 8.03. The zero-order valence-electron chi connectivity index (χ0n) is 11.3. The number of rotatable bonds is 5. The predicted octanol–water partition coefficient (Wildman–Crippen LogP) is 3.33. The van der Waals surface area contributed by atoms with Crippen molar-refractivity contribution < 1.29 is 9.53 Å². The molecular weight excluding hydrogens is 294 g/mol. The normalized spacial score (nSPS) is 12.3. The lowest BCUT2D eigenvalue weighted by molar-refractivity contribution is -0.146. The van der Waals surface area contributed by atoms with Gasteiger partial charge < -0.3 is 9.64 Å². The van der Waals surface area contributed by atoms with Crippen molar-refractivity contribution in [1.82, 2.24) is 0 Å². The molecule has 0 radical (unpaired) electrons. The number of carbonyl (C=O) groups excluding carboxylic acids is 1. The van der Waals surface area contributed by atoms with Gasteiger partial charge in [-0.1, -0.05) is 35.8 Å². The summed E-state index contributed by atoms with van der Waals surface area (Å²) in [5.41, 5.74) is 1.08.